The van der Waals surface area contributed by atoms with Gasteiger partial charge in [0.1, 0.15) is 0 Å². The molecule has 0 bridgehead atoms. The molecule has 122 valence electrons. The van der Waals surface area contributed by atoms with E-state index in [1.807, 2.05) is 42.0 Å². The van der Waals surface area contributed by atoms with Gasteiger partial charge in [0, 0.05) is 28.8 Å². The van der Waals surface area contributed by atoms with E-state index in [4.69, 9.17) is 11.6 Å². The Morgan fingerprint density at radius 2 is 2.00 bits per heavy atom. The first-order valence-corrected chi connectivity index (χ1v) is 7.91. The third kappa shape index (κ3) is 3.94. The van der Waals surface area contributed by atoms with Gasteiger partial charge in [0.25, 0.3) is 0 Å². The Kier molecular flexibility index (Phi) is 4.82. The molecule has 2 N–H and O–H groups in total. The molecule has 0 radical (unpaired) electrons. The van der Waals surface area contributed by atoms with Crippen molar-refractivity contribution in [3.8, 4) is 5.69 Å². The number of benzene rings is 2. The van der Waals surface area contributed by atoms with Gasteiger partial charge in [0.15, 0.2) is 0 Å². The van der Waals surface area contributed by atoms with Crippen molar-refractivity contribution in [3.63, 3.8) is 0 Å². The second-order valence-corrected chi connectivity index (χ2v) is 5.83. The zero-order valence-corrected chi connectivity index (χ0v) is 13.9. The topological polar surface area (TPSA) is 59.0 Å². The Labute approximate surface area is 145 Å². The van der Waals surface area contributed by atoms with Gasteiger partial charge in [-0.05, 0) is 42.8 Å². The molecule has 0 spiro atoms. The number of hydrogen-bond acceptors (Lipinski definition) is 2. The molecular formula is C18H17ClN4O. The molecule has 6 heteroatoms. The van der Waals surface area contributed by atoms with Crippen LogP contribution in [-0.4, -0.2) is 15.6 Å². The molecule has 0 saturated carbocycles. The van der Waals surface area contributed by atoms with Crippen LogP contribution < -0.4 is 10.6 Å². The molecule has 0 fully saturated rings. The highest BCUT2D eigenvalue weighted by molar-refractivity contribution is 6.30. The summed E-state index contributed by atoms with van der Waals surface area (Å²) in [6.07, 6.45) is 5.36. The molecule has 3 rings (SSSR count). The first-order chi connectivity index (χ1) is 11.6. The average molecular weight is 341 g/mol. The van der Waals surface area contributed by atoms with Crippen molar-refractivity contribution in [2.75, 3.05) is 5.32 Å². The fourth-order valence-electron chi connectivity index (χ4n) is 2.36. The van der Waals surface area contributed by atoms with Crippen molar-refractivity contribution in [3.05, 3.63) is 77.8 Å². The quantitative estimate of drug-likeness (QED) is 0.739. The largest absolute Gasteiger partial charge is 0.331 e. The molecule has 1 heterocycles. The lowest BCUT2D eigenvalue weighted by Crippen LogP contribution is -2.31. The van der Waals surface area contributed by atoms with Crippen LogP contribution >= 0.6 is 11.6 Å². The molecule has 0 aliphatic heterocycles. The number of hydrogen-bond donors (Lipinski definition) is 2. The summed E-state index contributed by atoms with van der Waals surface area (Å²) in [5.41, 5.74) is 2.69. The fourth-order valence-corrected chi connectivity index (χ4v) is 2.55. The van der Waals surface area contributed by atoms with Crippen LogP contribution in [0.2, 0.25) is 5.02 Å². The van der Waals surface area contributed by atoms with Crippen LogP contribution in [-0.2, 0) is 0 Å². The van der Waals surface area contributed by atoms with Gasteiger partial charge in [-0.25, -0.2) is 9.78 Å². The second kappa shape index (κ2) is 7.19. The van der Waals surface area contributed by atoms with E-state index in [1.165, 1.54) is 0 Å². The Bertz CT molecular complexity index is 815. The predicted octanol–water partition coefficient (Wildman–Crippen LogP) is 4.41. The van der Waals surface area contributed by atoms with Crippen LogP contribution in [0.5, 0.6) is 0 Å². The number of rotatable bonds is 4. The Morgan fingerprint density at radius 1 is 1.21 bits per heavy atom. The van der Waals surface area contributed by atoms with E-state index in [9.17, 15) is 4.79 Å². The van der Waals surface area contributed by atoms with E-state index >= 15 is 0 Å². The zero-order valence-electron chi connectivity index (χ0n) is 13.1. The molecule has 0 aliphatic carbocycles. The monoisotopic (exact) mass is 340 g/mol. The molecule has 24 heavy (non-hydrogen) atoms. The van der Waals surface area contributed by atoms with E-state index in [1.54, 1.807) is 36.8 Å². The van der Waals surface area contributed by atoms with Crippen molar-refractivity contribution < 1.29 is 4.79 Å². The maximum atomic E-state index is 12.1. The van der Waals surface area contributed by atoms with Gasteiger partial charge < -0.3 is 15.2 Å². The number of aromatic nitrogens is 2. The SMILES string of the molecule is CC(NC(=O)Nc1cccc(Cl)c1)c1ccc(-n2ccnc2)cc1. The van der Waals surface area contributed by atoms with Gasteiger partial charge in [0.05, 0.1) is 12.4 Å². The van der Waals surface area contributed by atoms with Crippen LogP contribution in [0.15, 0.2) is 67.3 Å². The fraction of sp³-hybridized carbons (Fsp3) is 0.111. The van der Waals surface area contributed by atoms with E-state index in [2.05, 4.69) is 15.6 Å². The molecule has 0 saturated heterocycles. The van der Waals surface area contributed by atoms with Crippen molar-refractivity contribution in [2.24, 2.45) is 0 Å². The Hall–Kier alpha value is -2.79. The smallest absolute Gasteiger partial charge is 0.319 e. The van der Waals surface area contributed by atoms with Gasteiger partial charge in [0.2, 0.25) is 0 Å². The molecule has 2 aromatic carbocycles. The molecule has 1 unspecified atom stereocenters. The first kappa shape index (κ1) is 16.1. The first-order valence-electron chi connectivity index (χ1n) is 7.53. The van der Waals surface area contributed by atoms with Crippen molar-refractivity contribution in [2.45, 2.75) is 13.0 Å². The summed E-state index contributed by atoms with van der Waals surface area (Å²) in [6, 6.07) is 14.6. The highest BCUT2D eigenvalue weighted by Gasteiger charge is 2.10. The van der Waals surface area contributed by atoms with E-state index in [0.717, 1.165) is 11.3 Å². The lowest BCUT2D eigenvalue weighted by atomic mass is 10.1. The summed E-state index contributed by atoms with van der Waals surface area (Å²) in [5, 5.41) is 6.26. The minimum atomic E-state index is -0.275. The van der Waals surface area contributed by atoms with Crippen LogP contribution in [0.4, 0.5) is 10.5 Å². The summed E-state index contributed by atoms with van der Waals surface area (Å²) in [7, 11) is 0. The number of anilines is 1. The van der Waals surface area contributed by atoms with E-state index < -0.39 is 0 Å². The molecule has 0 aliphatic rings. The minimum Gasteiger partial charge on any atom is -0.331 e. The second-order valence-electron chi connectivity index (χ2n) is 5.39. The van der Waals surface area contributed by atoms with Crippen LogP contribution in [0.25, 0.3) is 5.69 Å². The maximum Gasteiger partial charge on any atom is 0.319 e. The third-order valence-electron chi connectivity index (χ3n) is 3.63. The van der Waals surface area contributed by atoms with Crippen LogP contribution in [0, 0.1) is 0 Å². The number of nitrogens with zero attached hydrogens (tertiary/aromatic N) is 2. The highest BCUT2D eigenvalue weighted by atomic mass is 35.5. The summed E-state index contributed by atoms with van der Waals surface area (Å²) in [5.74, 6) is 0. The Morgan fingerprint density at radius 3 is 2.67 bits per heavy atom. The number of carbonyl (C=O) groups excluding carboxylic acids is 1. The molecule has 1 atom stereocenters. The normalized spacial score (nSPS) is 11.8. The van der Waals surface area contributed by atoms with Gasteiger partial charge in [-0.3, -0.25) is 0 Å². The predicted molar refractivity (Wildman–Crippen MR) is 95.6 cm³/mol. The molecule has 5 nitrogen and oxygen atoms in total. The van der Waals surface area contributed by atoms with Crippen molar-refractivity contribution in [1.82, 2.24) is 14.9 Å². The zero-order chi connectivity index (χ0) is 16.9. The summed E-state index contributed by atoms with van der Waals surface area (Å²) < 4.78 is 1.92. The minimum absolute atomic E-state index is 0.124. The van der Waals surface area contributed by atoms with Gasteiger partial charge in [-0.15, -0.1) is 0 Å². The van der Waals surface area contributed by atoms with Gasteiger partial charge >= 0.3 is 6.03 Å². The summed E-state index contributed by atoms with van der Waals surface area (Å²) in [4.78, 5) is 16.1. The maximum absolute atomic E-state index is 12.1. The lowest BCUT2D eigenvalue weighted by Gasteiger charge is -2.16. The van der Waals surface area contributed by atoms with E-state index in [0.29, 0.717) is 10.7 Å². The summed E-state index contributed by atoms with van der Waals surface area (Å²) >= 11 is 5.91. The molecule has 1 aromatic heterocycles. The van der Waals surface area contributed by atoms with Gasteiger partial charge in [-0.1, -0.05) is 29.8 Å². The number of carbonyl (C=O) groups is 1. The average Bonchev–Trinajstić information content (AvgIpc) is 3.09. The lowest BCUT2D eigenvalue weighted by molar-refractivity contribution is 0.249. The van der Waals surface area contributed by atoms with E-state index in [-0.39, 0.29) is 12.1 Å². The van der Waals surface area contributed by atoms with Crippen molar-refractivity contribution in [1.29, 1.82) is 0 Å². The number of urea groups is 1. The van der Waals surface area contributed by atoms with Crippen LogP contribution in [0.1, 0.15) is 18.5 Å². The number of halogens is 1. The summed E-state index contributed by atoms with van der Waals surface area (Å²) in [6.45, 7) is 1.93. The third-order valence-corrected chi connectivity index (χ3v) is 3.86. The standard InChI is InChI=1S/C18H17ClN4O/c1-13(21-18(24)22-16-4-2-3-15(19)11-16)14-5-7-17(8-6-14)23-10-9-20-12-23/h2-13H,1H3,(H2,21,22,24). The number of amides is 2. The molecule has 3 aromatic rings. The number of imidazole rings is 1. The van der Waals surface area contributed by atoms with Crippen molar-refractivity contribution >= 4 is 23.3 Å². The number of nitrogens with one attached hydrogen (secondary N) is 2. The Balaban J connectivity index is 1.62. The van der Waals surface area contributed by atoms with Crippen LogP contribution in [0.3, 0.4) is 0 Å². The molecule has 2 amide bonds. The molecular weight excluding hydrogens is 324 g/mol. The highest BCUT2D eigenvalue weighted by Crippen LogP contribution is 2.17. The van der Waals surface area contributed by atoms with Gasteiger partial charge in [-0.2, -0.15) is 0 Å².